The zero-order chi connectivity index (χ0) is 15.5. The molecule has 1 N–H and O–H groups in total. The Morgan fingerprint density at radius 1 is 1.32 bits per heavy atom. The van der Waals surface area contributed by atoms with Gasteiger partial charge in [0.25, 0.3) is 0 Å². The minimum atomic E-state index is -0.524. The molecule has 0 saturated heterocycles. The van der Waals surface area contributed by atoms with Crippen LogP contribution >= 0.6 is 23.4 Å². The van der Waals surface area contributed by atoms with Crippen LogP contribution in [0.2, 0.25) is 5.02 Å². The Kier molecular flexibility index (Phi) is 4.26. The highest BCUT2D eigenvalue weighted by Gasteiger charge is 2.10. The molecule has 8 heteroatoms. The fourth-order valence-corrected chi connectivity index (χ4v) is 2.72. The van der Waals surface area contributed by atoms with Crippen molar-refractivity contribution in [3.63, 3.8) is 0 Å². The second-order valence-electron chi connectivity index (χ2n) is 4.38. The molecule has 5 nitrogen and oxygen atoms in total. The van der Waals surface area contributed by atoms with Crippen molar-refractivity contribution in [3.05, 3.63) is 53.4 Å². The summed E-state index contributed by atoms with van der Waals surface area (Å²) in [5, 5.41) is 11.3. The summed E-state index contributed by atoms with van der Waals surface area (Å²) in [6.07, 6.45) is 1.83. The topological polar surface area (TPSA) is 59.3 Å². The van der Waals surface area contributed by atoms with Crippen molar-refractivity contribution in [3.8, 4) is 0 Å². The van der Waals surface area contributed by atoms with E-state index in [0.717, 1.165) is 5.65 Å². The summed E-state index contributed by atoms with van der Waals surface area (Å²) >= 11 is 6.93. The molecule has 3 aromatic rings. The molecular weight excluding hydrogens is 327 g/mol. The number of halogens is 2. The number of fused-ring (bicyclic) bond motifs is 1. The molecule has 0 aliphatic rings. The van der Waals surface area contributed by atoms with Crippen molar-refractivity contribution in [1.82, 2.24) is 14.6 Å². The number of pyridine rings is 1. The number of thioether (sulfide) groups is 1. The third-order valence-corrected chi connectivity index (χ3v) is 4.05. The number of aromatic nitrogens is 3. The van der Waals surface area contributed by atoms with Crippen LogP contribution in [-0.2, 0) is 4.79 Å². The highest BCUT2D eigenvalue weighted by atomic mass is 35.5. The first-order chi connectivity index (χ1) is 10.6. The van der Waals surface area contributed by atoms with Crippen LogP contribution in [0.1, 0.15) is 0 Å². The van der Waals surface area contributed by atoms with E-state index in [2.05, 4.69) is 15.5 Å². The van der Waals surface area contributed by atoms with Crippen LogP contribution in [0.3, 0.4) is 0 Å². The monoisotopic (exact) mass is 336 g/mol. The molecule has 0 atom stereocenters. The summed E-state index contributed by atoms with van der Waals surface area (Å²) in [4.78, 5) is 11.9. The standard InChI is InChI=1S/C14H10ClFN4OS/c15-10-7-9(4-5-11(10)16)17-13(21)8-22-14-19-18-12-3-1-2-6-20(12)14/h1-7H,8H2,(H,17,21). The zero-order valence-electron chi connectivity index (χ0n) is 11.2. The molecule has 0 fully saturated rings. The number of rotatable bonds is 4. The number of anilines is 1. The first-order valence-corrected chi connectivity index (χ1v) is 7.67. The molecule has 1 aromatic carbocycles. The molecule has 0 spiro atoms. The molecule has 0 aliphatic carbocycles. The molecule has 112 valence electrons. The number of benzene rings is 1. The van der Waals surface area contributed by atoms with Gasteiger partial charge in [0.2, 0.25) is 5.91 Å². The highest BCUT2D eigenvalue weighted by molar-refractivity contribution is 7.99. The number of carbonyl (C=O) groups excluding carboxylic acids is 1. The first kappa shape index (κ1) is 14.8. The van der Waals surface area contributed by atoms with E-state index >= 15 is 0 Å². The van der Waals surface area contributed by atoms with Crippen molar-refractivity contribution < 1.29 is 9.18 Å². The Morgan fingerprint density at radius 3 is 3.00 bits per heavy atom. The Bertz CT molecular complexity index is 839. The van der Waals surface area contributed by atoms with Crippen LogP contribution in [0.15, 0.2) is 47.8 Å². The minimum absolute atomic E-state index is 0.0334. The summed E-state index contributed by atoms with van der Waals surface area (Å²) in [7, 11) is 0. The second-order valence-corrected chi connectivity index (χ2v) is 5.73. The van der Waals surface area contributed by atoms with Gasteiger partial charge >= 0.3 is 0 Å². The SMILES string of the molecule is O=C(CSc1nnc2ccccn12)Nc1ccc(F)c(Cl)c1. The third-order valence-electron chi connectivity index (χ3n) is 2.82. The lowest BCUT2D eigenvalue weighted by molar-refractivity contribution is -0.113. The molecule has 3 rings (SSSR count). The van der Waals surface area contributed by atoms with Gasteiger partial charge in [0.15, 0.2) is 10.8 Å². The van der Waals surface area contributed by atoms with E-state index in [1.165, 1.54) is 30.0 Å². The predicted molar refractivity (Wildman–Crippen MR) is 83.8 cm³/mol. The number of hydrogen-bond donors (Lipinski definition) is 1. The van der Waals surface area contributed by atoms with Gasteiger partial charge < -0.3 is 5.32 Å². The Hall–Kier alpha value is -2.12. The van der Waals surface area contributed by atoms with Gasteiger partial charge in [0.1, 0.15) is 5.82 Å². The molecule has 2 heterocycles. The number of carbonyl (C=O) groups is 1. The van der Waals surface area contributed by atoms with Crippen LogP contribution < -0.4 is 5.32 Å². The summed E-state index contributed by atoms with van der Waals surface area (Å²) in [6, 6.07) is 9.58. The molecule has 0 aliphatic heterocycles. The largest absolute Gasteiger partial charge is 0.325 e. The smallest absolute Gasteiger partial charge is 0.234 e. The first-order valence-electron chi connectivity index (χ1n) is 6.31. The lowest BCUT2D eigenvalue weighted by Gasteiger charge is -2.05. The lowest BCUT2D eigenvalue weighted by Crippen LogP contribution is -2.14. The van der Waals surface area contributed by atoms with E-state index in [1.807, 2.05) is 24.4 Å². The maximum atomic E-state index is 13.1. The van der Waals surface area contributed by atoms with E-state index in [4.69, 9.17) is 11.6 Å². The second kappa shape index (κ2) is 6.33. The molecule has 0 unspecified atom stereocenters. The van der Waals surface area contributed by atoms with E-state index in [9.17, 15) is 9.18 Å². The fourth-order valence-electron chi connectivity index (χ4n) is 1.82. The fraction of sp³-hybridized carbons (Fsp3) is 0.0714. The Morgan fingerprint density at radius 2 is 2.18 bits per heavy atom. The van der Waals surface area contributed by atoms with E-state index < -0.39 is 5.82 Å². The Labute approximate surface area is 134 Å². The van der Waals surface area contributed by atoms with Crippen LogP contribution in [0.5, 0.6) is 0 Å². The summed E-state index contributed by atoms with van der Waals surface area (Å²) < 4.78 is 14.8. The van der Waals surface area contributed by atoms with Crippen LogP contribution in [0, 0.1) is 5.82 Å². The minimum Gasteiger partial charge on any atom is -0.325 e. The van der Waals surface area contributed by atoms with Crippen molar-refractivity contribution in [2.45, 2.75) is 5.16 Å². The molecule has 0 bridgehead atoms. The van der Waals surface area contributed by atoms with Crippen molar-refractivity contribution in [1.29, 1.82) is 0 Å². The van der Waals surface area contributed by atoms with Gasteiger partial charge in [-0.3, -0.25) is 9.20 Å². The molecule has 0 radical (unpaired) electrons. The average molecular weight is 337 g/mol. The van der Waals surface area contributed by atoms with E-state index in [0.29, 0.717) is 10.8 Å². The number of nitrogens with one attached hydrogen (secondary N) is 1. The van der Waals surface area contributed by atoms with Crippen LogP contribution in [0.25, 0.3) is 5.65 Å². The molecule has 1 amide bonds. The number of amides is 1. The van der Waals surface area contributed by atoms with Gasteiger partial charge in [-0.05, 0) is 30.3 Å². The van der Waals surface area contributed by atoms with Crippen molar-refractivity contribution in [2.75, 3.05) is 11.1 Å². The maximum Gasteiger partial charge on any atom is 0.234 e. The normalized spacial score (nSPS) is 10.8. The van der Waals surface area contributed by atoms with Gasteiger partial charge in [-0.25, -0.2) is 4.39 Å². The molecule has 22 heavy (non-hydrogen) atoms. The summed E-state index contributed by atoms with van der Waals surface area (Å²) in [5.74, 6) is -0.602. The number of hydrogen-bond acceptors (Lipinski definition) is 4. The molecule has 2 aromatic heterocycles. The predicted octanol–water partition coefficient (Wildman–Crippen LogP) is 3.25. The Balaban J connectivity index is 1.63. The van der Waals surface area contributed by atoms with Crippen LogP contribution in [0.4, 0.5) is 10.1 Å². The van der Waals surface area contributed by atoms with E-state index in [-0.39, 0.29) is 16.7 Å². The number of nitrogens with zero attached hydrogens (tertiary/aromatic N) is 3. The van der Waals surface area contributed by atoms with Gasteiger partial charge in [0.05, 0.1) is 10.8 Å². The van der Waals surface area contributed by atoms with Crippen molar-refractivity contribution >= 4 is 40.6 Å². The van der Waals surface area contributed by atoms with Gasteiger partial charge in [-0.1, -0.05) is 29.4 Å². The quantitative estimate of drug-likeness (QED) is 0.743. The summed E-state index contributed by atoms with van der Waals surface area (Å²) in [6.45, 7) is 0. The van der Waals surface area contributed by atoms with Gasteiger partial charge in [-0.15, -0.1) is 10.2 Å². The summed E-state index contributed by atoms with van der Waals surface area (Å²) in [5.41, 5.74) is 1.17. The van der Waals surface area contributed by atoms with Gasteiger partial charge in [-0.2, -0.15) is 0 Å². The lowest BCUT2D eigenvalue weighted by atomic mass is 10.3. The highest BCUT2D eigenvalue weighted by Crippen LogP contribution is 2.20. The third kappa shape index (κ3) is 3.20. The maximum absolute atomic E-state index is 13.1. The average Bonchev–Trinajstić information content (AvgIpc) is 2.92. The molecule has 0 saturated carbocycles. The van der Waals surface area contributed by atoms with Gasteiger partial charge in [0, 0.05) is 11.9 Å². The van der Waals surface area contributed by atoms with Crippen molar-refractivity contribution in [2.24, 2.45) is 0 Å². The zero-order valence-corrected chi connectivity index (χ0v) is 12.7. The molecular formula is C14H10ClFN4OS. The van der Waals surface area contributed by atoms with Crippen LogP contribution in [-0.4, -0.2) is 26.3 Å². The van der Waals surface area contributed by atoms with E-state index in [1.54, 1.807) is 4.40 Å².